The highest BCUT2D eigenvalue weighted by Gasteiger charge is 2.25. The number of amides is 1. The number of carbonyl (C=O) groups excluding carboxylic acids is 1. The summed E-state index contributed by atoms with van der Waals surface area (Å²) >= 11 is 0. The average Bonchev–Trinajstić information content (AvgIpc) is 2.88. The number of ether oxygens (including phenoxy) is 2. The number of benzene rings is 1. The highest BCUT2D eigenvalue weighted by molar-refractivity contribution is 5.76. The van der Waals surface area contributed by atoms with Crippen molar-refractivity contribution in [1.82, 2.24) is 14.8 Å². The minimum atomic E-state index is 0.305. The Labute approximate surface area is 196 Å². The minimum absolute atomic E-state index is 0.305. The van der Waals surface area contributed by atoms with Gasteiger partial charge in [0.15, 0.2) is 11.5 Å². The standard InChI is InChI=1S/C26H34N4O3/c31-26(30-14-12-29(13-15-30)25-5-1-2-10-27-25)9-7-21-4-3-11-28(19-21)20-22-6-8-23-24(18-22)33-17-16-32-23/h1-2,5-6,8,10,18,21H,3-4,7,9,11-17,19-20H2. The molecule has 3 aliphatic rings. The lowest BCUT2D eigenvalue weighted by molar-refractivity contribution is -0.131. The fourth-order valence-corrected chi connectivity index (χ4v) is 5.19. The zero-order valence-electron chi connectivity index (χ0n) is 19.3. The predicted molar refractivity (Wildman–Crippen MR) is 128 cm³/mol. The Kier molecular flexibility index (Phi) is 6.95. The number of rotatable bonds is 6. The Balaban J connectivity index is 1.06. The van der Waals surface area contributed by atoms with Gasteiger partial charge in [-0.15, -0.1) is 0 Å². The second-order valence-electron chi connectivity index (χ2n) is 9.32. The number of hydrogen-bond acceptors (Lipinski definition) is 6. The van der Waals surface area contributed by atoms with Crippen LogP contribution in [-0.4, -0.2) is 73.2 Å². The topological polar surface area (TPSA) is 58.1 Å². The molecule has 1 aromatic heterocycles. The molecule has 0 aliphatic carbocycles. The maximum Gasteiger partial charge on any atom is 0.222 e. The van der Waals surface area contributed by atoms with E-state index in [9.17, 15) is 4.79 Å². The number of carbonyl (C=O) groups is 1. The SMILES string of the molecule is O=C(CCC1CCCN(Cc2ccc3c(c2)OCCO3)C1)N1CCN(c2ccccn2)CC1. The quantitative estimate of drug-likeness (QED) is 0.674. The minimum Gasteiger partial charge on any atom is -0.486 e. The largest absolute Gasteiger partial charge is 0.486 e. The van der Waals surface area contributed by atoms with Gasteiger partial charge in [0.05, 0.1) is 0 Å². The van der Waals surface area contributed by atoms with E-state index in [-0.39, 0.29) is 0 Å². The van der Waals surface area contributed by atoms with E-state index in [1.165, 1.54) is 18.4 Å². The number of pyridine rings is 1. The molecule has 0 saturated carbocycles. The molecule has 1 amide bonds. The van der Waals surface area contributed by atoms with Crippen LogP contribution >= 0.6 is 0 Å². The van der Waals surface area contributed by atoms with Crippen LogP contribution in [-0.2, 0) is 11.3 Å². The molecule has 2 saturated heterocycles. The molecule has 7 nitrogen and oxygen atoms in total. The third kappa shape index (κ3) is 5.58. The monoisotopic (exact) mass is 450 g/mol. The van der Waals surface area contributed by atoms with Gasteiger partial charge >= 0.3 is 0 Å². The molecule has 4 heterocycles. The van der Waals surface area contributed by atoms with Crippen molar-refractivity contribution in [3.8, 4) is 11.5 Å². The number of hydrogen-bond donors (Lipinski definition) is 0. The van der Waals surface area contributed by atoms with Crippen LogP contribution < -0.4 is 14.4 Å². The van der Waals surface area contributed by atoms with Gasteiger partial charge in [0, 0.05) is 51.9 Å². The van der Waals surface area contributed by atoms with Crippen LogP contribution in [0.3, 0.4) is 0 Å². The Hall–Kier alpha value is -2.80. The molecule has 0 radical (unpaired) electrons. The van der Waals surface area contributed by atoms with Crippen LogP contribution in [0.15, 0.2) is 42.6 Å². The molecular formula is C26H34N4O3. The molecule has 5 rings (SSSR count). The summed E-state index contributed by atoms with van der Waals surface area (Å²) in [4.78, 5) is 24.1. The van der Waals surface area contributed by atoms with E-state index >= 15 is 0 Å². The lowest BCUT2D eigenvalue weighted by Gasteiger charge is -2.36. The van der Waals surface area contributed by atoms with Crippen LogP contribution in [0.5, 0.6) is 11.5 Å². The Morgan fingerprint density at radius 3 is 2.67 bits per heavy atom. The van der Waals surface area contributed by atoms with Crippen molar-refractivity contribution in [3.05, 3.63) is 48.2 Å². The molecule has 1 atom stereocenters. The van der Waals surface area contributed by atoms with E-state index in [0.717, 1.165) is 69.6 Å². The van der Waals surface area contributed by atoms with Crippen molar-refractivity contribution < 1.29 is 14.3 Å². The summed E-state index contributed by atoms with van der Waals surface area (Å²) in [5.74, 6) is 3.61. The Morgan fingerprint density at radius 1 is 1.00 bits per heavy atom. The fraction of sp³-hybridized carbons (Fsp3) is 0.538. The summed E-state index contributed by atoms with van der Waals surface area (Å²) in [6.07, 6.45) is 5.89. The molecule has 7 heteroatoms. The fourth-order valence-electron chi connectivity index (χ4n) is 5.19. The highest BCUT2D eigenvalue weighted by atomic mass is 16.6. The average molecular weight is 451 g/mol. The number of likely N-dealkylation sites (tertiary alicyclic amines) is 1. The zero-order valence-corrected chi connectivity index (χ0v) is 19.3. The first-order chi connectivity index (χ1) is 16.2. The maximum atomic E-state index is 12.8. The van der Waals surface area contributed by atoms with Crippen molar-refractivity contribution in [1.29, 1.82) is 0 Å². The number of piperidine rings is 1. The number of fused-ring (bicyclic) bond motifs is 1. The summed E-state index contributed by atoms with van der Waals surface area (Å²) in [6, 6.07) is 12.3. The van der Waals surface area contributed by atoms with Gasteiger partial charge in [-0.05, 0) is 61.6 Å². The van der Waals surface area contributed by atoms with Crippen LogP contribution in [0.1, 0.15) is 31.2 Å². The number of piperazine rings is 1. The number of anilines is 1. The van der Waals surface area contributed by atoms with E-state index in [2.05, 4.69) is 26.9 Å². The molecule has 1 unspecified atom stereocenters. The van der Waals surface area contributed by atoms with Crippen molar-refractivity contribution in [2.45, 2.75) is 32.2 Å². The summed E-state index contributed by atoms with van der Waals surface area (Å²) in [5, 5.41) is 0. The van der Waals surface area contributed by atoms with Crippen LogP contribution in [0.25, 0.3) is 0 Å². The Bertz CT molecular complexity index is 930. The molecule has 2 aromatic rings. The molecule has 2 fully saturated rings. The molecular weight excluding hydrogens is 416 g/mol. The second kappa shape index (κ2) is 10.4. The van der Waals surface area contributed by atoms with Crippen LogP contribution in [0, 0.1) is 5.92 Å². The van der Waals surface area contributed by atoms with E-state index in [0.29, 0.717) is 31.5 Å². The summed E-state index contributed by atoms with van der Waals surface area (Å²) < 4.78 is 11.4. The van der Waals surface area contributed by atoms with Crippen molar-refractivity contribution >= 4 is 11.7 Å². The number of aromatic nitrogens is 1. The smallest absolute Gasteiger partial charge is 0.222 e. The molecule has 33 heavy (non-hydrogen) atoms. The molecule has 1 aromatic carbocycles. The zero-order chi connectivity index (χ0) is 22.5. The first-order valence-electron chi connectivity index (χ1n) is 12.3. The van der Waals surface area contributed by atoms with Gasteiger partial charge in [-0.25, -0.2) is 4.98 Å². The van der Waals surface area contributed by atoms with Crippen LogP contribution in [0.2, 0.25) is 0 Å². The van der Waals surface area contributed by atoms with E-state index < -0.39 is 0 Å². The van der Waals surface area contributed by atoms with Gasteiger partial charge in [-0.3, -0.25) is 9.69 Å². The second-order valence-corrected chi connectivity index (χ2v) is 9.32. The van der Waals surface area contributed by atoms with Gasteiger partial charge in [-0.2, -0.15) is 0 Å². The van der Waals surface area contributed by atoms with Gasteiger partial charge in [0.2, 0.25) is 5.91 Å². The van der Waals surface area contributed by atoms with Gasteiger partial charge in [-0.1, -0.05) is 12.1 Å². The highest BCUT2D eigenvalue weighted by Crippen LogP contribution is 2.32. The van der Waals surface area contributed by atoms with E-state index in [1.807, 2.05) is 35.4 Å². The molecule has 176 valence electrons. The van der Waals surface area contributed by atoms with Crippen molar-refractivity contribution in [3.63, 3.8) is 0 Å². The summed E-state index contributed by atoms with van der Waals surface area (Å²) in [5.41, 5.74) is 1.27. The summed E-state index contributed by atoms with van der Waals surface area (Å²) in [6.45, 7) is 7.64. The maximum absolute atomic E-state index is 12.8. The number of nitrogens with zero attached hydrogens (tertiary/aromatic N) is 4. The first-order valence-corrected chi connectivity index (χ1v) is 12.3. The van der Waals surface area contributed by atoms with Crippen molar-refractivity contribution in [2.75, 3.05) is 57.4 Å². The van der Waals surface area contributed by atoms with E-state index in [1.54, 1.807) is 0 Å². The summed E-state index contributed by atoms with van der Waals surface area (Å²) in [7, 11) is 0. The van der Waals surface area contributed by atoms with Gasteiger partial charge in [0.1, 0.15) is 19.0 Å². The third-order valence-corrected chi connectivity index (χ3v) is 6.99. The normalized spacial score (nSPS) is 21.2. The third-order valence-electron chi connectivity index (χ3n) is 6.99. The van der Waals surface area contributed by atoms with Crippen molar-refractivity contribution in [2.24, 2.45) is 5.92 Å². The molecule has 0 N–H and O–H groups in total. The molecule has 3 aliphatic heterocycles. The van der Waals surface area contributed by atoms with E-state index in [4.69, 9.17) is 9.47 Å². The lowest BCUT2D eigenvalue weighted by atomic mass is 9.92. The Morgan fingerprint density at radius 2 is 1.85 bits per heavy atom. The van der Waals surface area contributed by atoms with Gasteiger partial charge in [0.25, 0.3) is 0 Å². The molecule has 0 bridgehead atoms. The lowest BCUT2D eigenvalue weighted by Crippen LogP contribution is -2.49. The predicted octanol–water partition coefficient (Wildman–Crippen LogP) is 3.19. The molecule has 0 spiro atoms. The van der Waals surface area contributed by atoms with Crippen LogP contribution in [0.4, 0.5) is 5.82 Å². The van der Waals surface area contributed by atoms with Gasteiger partial charge < -0.3 is 19.3 Å². The first kappa shape index (κ1) is 22.0.